The molecule has 0 saturated carbocycles. The fourth-order valence-corrected chi connectivity index (χ4v) is 2.12. The van der Waals surface area contributed by atoms with E-state index in [-0.39, 0.29) is 18.3 Å². The molecule has 1 saturated heterocycles. The van der Waals surface area contributed by atoms with Gasteiger partial charge >= 0.3 is 0 Å². The van der Waals surface area contributed by atoms with Crippen molar-refractivity contribution in [3.63, 3.8) is 0 Å². The number of nitrogens with zero attached hydrogens (tertiary/aromatic N) is 1. The second-order valence-corrected chi connectivity index (χ2v) is 4.48. The molecule has 1 amide bonds. The summed E-state index contributed by atoms with van der Waals surface area (Å²) in [7, 11) is 0. The topological polar surface area (TPSA) is 108 Å². The third kappa shape index (κ3) is 2.12. The van der Waals surface area contributed by atoms with Crippen LogP contribution in [0.15, 0.2) is 24.7 Å². The smallest absolute Gasteiger partial charge is 0.250 e. The normalized spacial score (nSPS) is 38.7. The van der Waals surface area contributed by atoms with Gasteiger partial charge in [0.25, 0.3) is 5.91 Å². The Labute approximate surface area is 109 Å². The van der Waals surface area contributed by atoms with E-state index in [0.717, 1.165) is 0 Å². The van der Waals surface area contributed by atoms with E-state index >= 15 is 0 Å². The van der Waals surface area contributed by atoms with Gasteiger partial charge in [0.15, 0.2) is 12.4 Å². The van der Waals surface area contributed by atoms with Gasteiger partial charge < -0.3 is 30.9 Å². The average Bonchev–Trinajstić information content (AvgIpc) is 2.64. The average molecular weight is 273 g/mol. The molecule has 0 aromatic rings. The highest BCUT2D eigenvalue weighted by Gasteiger charge is 2.56. The van der Waals surface area contributed by atoms with Crippen LogP contribution >= 0.6 is 0 Å². The number of carbonyl (C=O) groups is 1. The van der Waals surface area contributed by atoms with Crippen LogP contribution < -0.4 is 11.1 Å². The summed E-state index contributed by atoms with van der Waals surface area (Å²) in [6.07, 6.45) is -2.10. The van der Waals surface area contributed by atoms with E-state index in [9.17, 15) is 19.4 Å². The van der Waals surface area contributed by atoms with Crippen molar-refractivity contribution >= 4 is 5.91 Å². The summed E-state index contributed by atoms with van der Waals surface area (Å²) in [5.41, 5.74) is 3.88. The van der Waals surface area contributed by atoms with Gasteiger partial charge in [0.1, 0.15) is 17.5 Å². The Balaban J connectivity index is 2.25. The van der Waals surface area contributed by atoms with E-state index in [1.165, 1.54) is 17.2 Å². The lowest BCUT2D eigenvalue weighted by atomic mass is 9.97. The molecule has 0 aromatic carbocycles. The van der Waals surface area contributed by atoms with Crippen LogP contribution in [0.2, 0.25) is 0 Å². The molecule has 2 aliphatic rings. The zero-order valence-electron chi connectivity index (χ0n) is 10.1. The standard InChI is InChI=1S/C11H16FN3O4/c1-6-14-7(17)2-3-15(6)10-8(12)9(18)11(4-13,5-16)19-10/h2-3,8-10,16,18H,1,4-5,13H2,(H,14,17)/t8-,9+,10-,11-/m1/s1. The molecule has 2 rings (SSSR count). The van der Waals surface area contributed by atoms with Gasteiger partial charge in [0.05, 0.1) is 6.61 Å². The van der Waals surface area contributed by atoms with Crippen molar-refractivity contribution in [1.82, 2.24) is 10.2 Å². The summed E-state index contributed by atoms with van der Waals surface area (Å²) in [6.45, 7) is 2.72. The van der Waals surface area contributed by atoms with Gasteiger partial charge in [-0.1, -0.05) is 6.58 Å². The fraction of sp³-hybridized carbons (Fsp3) is 0.545. The molecular weight excluding hydrogens is 257 g/mol. The molecule has 7 nitrogen and oxygen atoms in total. The highest BCUT2D eigenvalue weighted by molar-refractivity contribution is 5.89. The highest BCUT2D eigenvalue weighted by Crippen LogP contribution is 2.35. The Morgan fingerprint density at radius 1 is 1.68 bits per heavy atom. The predicted octanol–water partition coefficient (Wildman–Crippen LogP) is -1.85. The minimum atomic E-state index is -1.80. The number of alkyl halides is 1. The minimum absolute atomic E-state index is 0.123. The number of carbonyl (C=O) groups excluding carboxylic acids is 1. The van der Waals surface area contributed by atoms with Gasteiger partial charge in [-0.05, 0) is 0 Å². The molecule has 19 heavy (non-hydrogen) atoms. The van der Waals surface area contributed by atoms with Crippen LogP contribution in [-0.4, -0.2) is 58.3 Å². The van der Waals surface area contributed by atoms with Crippen molar-refractivity contribution in [2.45, 2.75) is 24.1 Å². The Kier molecular flexibility index (Phi) is 3.59. The predicted molar refractivity (Wildman–Crippen MR) is 62.9 cm³/mol. The first-order chi connectivity index (χ1) is 8.95. The molecular formula is C11H16FN3O4. The quantitative estimate of drug-likeness (QED) is 0.481. The lowest BCUT2D eigenvalue weighted by Gasteiger charge is -2.33. The van der Waals surface area contributed by atoms with Crippen LogP contribution in [0.1, 0.15) is 0 Å². The Morgan fingerprint density at radius 3 is 2.84 bits per heavy atom. The molecule has 0 bridgehead atoms. The fourth-order valence-electron chi connectivity index (χ4n) is 2.12. The molecule has 0 spiro atoms. The molecule has 8 heteroatoms. The molecule has 4 atom stereocenters. The van der Waals surface area contributed by atoms with E-state index in [1.807, 2.05) is 0 Å². The van der Waals surface area contributed by atoms with E-state index in [2.05, 4.69) is 11.9 Å². The van der Waals surface area contributed by atoms with Crippen LogP contribution in [0.25, 0.3) is 0 Å². The van der Waals surface area contributed by atoms with Crippen LogP contribution in [0.5, 0.6) is 0 Å². The lowest BCUT2D eigenvalue weighted by molar-refractivity contribution is -0.132. The lowest BCUT2D eigenvalue weighted by Crippen LogP contribution is -2.51. The number of aliphatic hydroxyl groups excluding tert-OH is 2. The number of nitrogens with two attached hydrogens (primary N) is 1. The SMILES string of the molecule is C=C1NC(=O)C=CN1[C@@H]1O[C@](CN)(CO)[C@@H](O)[C@H]1F. The van der Waals surface area contributed by atoms with Gasteiger partial charge in [-0.2, -0.15) is 0 Å². The number of aliphatic hydroxyl groups is 2. The third-order valence-electron chi connectivity index (χ3n) is 3.32. The molecule has 2 aliphatic heterocycles. The molecule has 5 N–H and O–H groups in total. The van der Waals surface area contributed by atoms with Crippen molar-refractivity contribution in [3.05, 3.63) is 24.7 Å². The first kappa shape index (κ1) is 13.9. The molecule has 1 fully saturated rings. The second-order valence-electron chi connectivity index (χ2n) is 4.48. The molecule has 0 aromatic heterocycles. The Hall–Kier alpha value is -1.48. The maximum Gasteiger partial charge on any atom is 0.250 e. The van der Waals surface area contributed by atoms with Crippen molar-refractivity contribution in [2.24, 2.45) is 5.73 Å². The van der Waals surface area contributed by atoms with Crippen LogP contribution in [0.3, 0.4) is 0 Å². The molecule has 0 radical (unpaired) electrons. The largest absolute Gasteiger partial charge is 0.393 e. The second kappa shape index (κ2) is 4.89. The van der Waals surface area contributed by atoms with Crippen molar-refractivity contribution in [3.8, 4) is 0 Å². The van der Waals surface area contributed by atoms with E-state index in [0.29, 0.717) is 0 Å². The zero-order chi connectivity index (χ0) is 14.2. The molecule has 106 valence electrons. The number of nitrogens with one attached hydrogen (secondary N) is 1. The number of halogens is 1. The summed E-state index contributed by atoms with van der Waals surface area (Å²) >= 11 is 0. The maximum absolute atomic E-state index is 14.1. The van der Waals surface area contributed by atoms with E-state index in [1.54, 1.807) is 0 Å². The van der Waals surface area contributed by atoms with Gasteiger partial charge in [0.2, 0.25) is 0 Å². The summed E-state index contributed by atoms with van der Waals surface area (Å²) in [4.78, 5) is 12.3. The van der Waals surface area contributed by atoms with Gasteiger partial charge in [0, 0.05) is 18.8 Å². The number of amides is 1. The molecule has 2 heterocycles. The van der Waals surface area contributed by atoms with E-state index < -0.39 is 30.7 Å². The van der Waals surface area contributed by atoms with Gasteiger partial charge in [-0.15, -0.1) is 0 Å². The minimum Gasteiger partial charge on any atom is -0.393 e. The van der Waals surface area contributed by atoms with Crippen molar-refractivity contribution in [2.75, 3.05) is 13.2 Å². The van der Waals surface area contributed by atoms with Crippen LogP contribution in [-0.2, 0) is 9.53 Å². The van der Waals surface area contributed by atoms with Crippen molar-refractivity contribution in [1.29, 1.82) is 0 Å². The molecule has 0 aliphatic carbocycles. The van der Waals surface area contributed by atoms with Crippen molar-refractivity contribution < 1.29 is 24.1 Å². The summed E-state index contributed by atoms with van der Waals surface area (Å²) < 4.78 is 19.5. The number of ether oxygens (including phenoxy) is 1. The summed E-state index contributed by atoms with van der Waals surface area (Å²) in [6, 6.07) is 0. The maximum atomic E-state index is 14.1. The van der Waals surface area contributed by atoms with Gasteiger partial charge in [-0.3, -0.25) is 4.79 Å². The first-order valence-corrected chi connectivity index (χ1v) is 5.72. The summed E-state index contributed by atoms with van der Waals surface area (Å²) in [5, 5.41) is 21.5. The molecule has 0 unspecified atom stereocenters. The number of hydrogen-bond acceptors (Lipinski definition) is 6. The van der Waals surface area contributed by atoms with Crippen LogP contribution in [0, 0.1) is 0 Å². The monoisotopic (exact) mass is 273 g/mol. The Morgan fingerprint density at radius 2 is 2.37 bits per heavy atom. The third-order valence-corrected chi connectivity index (χ3v) is 3.32. The van der Waals surface area contributed by atoms with Crippen LogP contribution in [0.4, 0.5) is 4.39 Å². The number of rotatable bonds is 3. The first-order valence-electron chi connectivity index (χ1n) is 5.72. The summed E-state index contributed by atoms with van der Waals surface area (Å²) in [5.74, 6) is -0.263. The zero-order valence-corrected chi connectivity index (χ0v) is 10.1. The van der Waals surface area contributed by atoms with E-state index in [4.69, 9.17) is 10.5 Å². The number of hydrogen-bond donors (Lipinski definition) is 4. The van der Waals surface area contributed by atoms with Gasteiger partial charge in [-0.25, -0.2) is 4.39 Å². The Bertz CT molecular complexity index is 424. The highest BCUT2D eigenvalue weighted by atomic mass is 19.1.